The Kier molecular flexibility index (Phi) is 5.96. The maximum absolute atomic E-state index is 13.2. The number of aryl methyl sites for hydroxylation is 1. The molecule has 0 saturated carbocycles. The number of rotatable bonds is 5. The summed E-state index contributed by atoms with van der Waals surface area (Å²) in [4.78, 5) is 12.5. The van der Waals surface area contributed by atoms with Gasteiger partial charge in [-0.15, -0.1) is 0 Å². The maximum Gasteiger partial charge on any atom is 0.266 e. The van der Waals surface area contributed by atoms with E-state index in [2.05, 4.69) is 10.4 Å². The van der Waals surface area contributed by atoms with Crippen LogP contribution < -0.4 is 10.1 Å². The summed E-state index contributed by atoms with van der Waals surface area (Å²) >= 11 is 6.41. The molecule has 3 rings (SSSR count). The Morgan fingerprint density at radius 2 is 1.90 bits per heavy atom. The summed E-state index contributed by atoms with van der Waals surface area (Å²) in [6.07, 6.45) is 1.38. The predicted octanol–water partition coefficient (Wildman–Crippen LogP) is 4.53. The molecule has 0 aliphatic heterocycles. The van der Waals surface area contributed by atoms with E-state index < -0.39 is 5.91 Å². The molecule has 0 aliphatic rings. The summed E-state index contributed by atoms with van der Waals surface area (Å²) in [5, 5.41) is 16.6. The highest BCUT2D eigenvalue weighted by Crippen LogP contribution is 2.26. The zero-order valence-corrected chi connectivity index (χ0v) is 16.4. The van der Waals surface area contributed by atoms with Crippen molar-refractivity contribution in [1.29, 1.82) is 5.26 Å². The number of anilines is 1. The lowest BCUT2D eigenvalue weighted by Crippen LogP contribution is -2.13. The zero-order chi connectivity index (χ0) is 21.0. The van der Waals surface area contributed by atoms with Gasteiger partial charge in [-0.25, -0.2) is 9.07 Å². The molecule has 0 fully saturated rings. The predicted molar refractivity (Wildman–Crippen MR) is 108 cm³/mol. The van der Waals surface area contributed by atoms with Gasteiger partial charge in [-0.1, -0.05) is 11.6 Å². The van der Waals surface area contributed by atoms with Gasteiger partial charge in [-0.05, 0) is 61.5 Å². The Hall–Kier alpha value is -3.63. The second kappa shape index (κ2) is 8.59. The van der Waals surface area contributed by atoms with Gasteiger partial charge in [0.2, 0.25) is 0 Å². The van der Waals surface area contributed by atoms with Crippen molar-refractivity contribution in [3.63, 3.8) is 0 Å². The molecule has 3 aromatic rings. The van der Waals surface area contributed by atoms with Gasteiger partial charge in [0.25, 0.3) is 5.91 Å². The van der Waals surface area contributed by atoms with Crippen LogP contribution in [0.15, 0.2) is 54.1 Å². The highest BCUT2D eigenvalue weighted by Gasteiger charge is 2.17. The Morgan fingerprint density at radius 1 is 1.24 bits per heavy atom. The van der Waals surface area contributed by atoms with Crippen LogP contribution in [0.2, 0.25) is 5.15 Å². The van der Waals surface area contributed by atoms with Crippen LogP contribution >= 0.6 is 11.6 Å². The van der Waals surface area contributed by atoms with E-state index >= 15 is 0 Å². The third-order valence-corrected chi connectivity index (χ3v) is 4.48. The van der Waals surface area contributed by atoms with Crippen LogP contribution in [0.3, 0.4) is 0 Å². The third kappa shape index (κ3) is 4.45. The van der Waals surface area contributed by atoms with Crippen molar-refractivity contribution in [2.75, 3.05) is 12.4 Å². The number of amides is 1. The highest BCUT2D eigenvalue weighted by atomic mass is 35.5. The van der Waals surface area contributed by atoms with Crippen LogP contribution in [-0.4, -0.2) is 22.8 Å². The highest BCUT2D eigenvalue weighted by molar-refractivity contribution is 6.31. The van der Waals surface area contributed by atoms with Crippen LogP contribution in [0, 0.1) is 24.1 Å². The Labute approximate surface area is 171 Å². The molecule has 2 aromatic carbocycles. The third-order valence-electron chi connectivity index (χ3n) is 4.12. The molecule has 8 heteroatoms. The van der Waals surface area contributed by atoms with Crippen LogP contribution in [0.5, 0.6) is 5.75 Å². The van der Waals surface area contributed by atoms with E-state index in [0.717, 1.165) is 0 Å². The number of hydrogen-bond acceptors (Lipinski definition) is 4. The fourth-order valence-electron chi connectivity index (χ4n) is 2.59. The molecule has 0 aliphatic carbocycles. The van der Waals surface area contributed by atoms with E-state index in [1.807, 2.05) is 6.07 Å². The molecular weight excluding hydrogens is 395 g/mol. The van der Waals surface area contributed by atoms with E-state index in [1.54, 1.807) is 38.3 Å². The second-order valence-corrected chi connectivity index (χ2v) is 6.39. The van der Waals surface area contributed by atoms with E-state index in [1.165, 1.54) is 35.0 Å². The molecule has 0 atom stereocenters. The van der Waals surface area contributed by atoms with Crippen molar-refractivity contribution in [3.8, 4) is 17.5 Å². The number of methoxy groups -OCH3 is 1. The van der Waals surface area contributed by atoms with Crippen molar-refractivity contribution in [2.24, 2.45) is 0 Å². The molecule has 1 N–H and O–H groups in total. The fraction of sp³-hybridized carbons (Fsp3) is 0.0952. The molecule has 1 aromatic heterocycles. The molecule has 6 nitrogen and oxygen atoms in total. The lowest BCUT2D eigenvalue weighted by atomic mass is 10.1. The maximum atomic E-state index is 13.2. The first kappa shape index (κ1) is 20.1. The summed E-state index contributed by atoms with van der Waals surface area (Å²) in [7, 11) is 1.54. The fourth-order valence-corrected chi connectivity index (χ4v) is 2.92. The topological polar surface area (TPSA) is 79.9 Å². The first-order chi connectivity index (χ1) is 13.9. The van der Waals surface area contributed by atoms with Gasteiger partial charge < -0.3 is 10.1 Å². The van der Waals surface area contributed by atoms with Crippen molar-refractivity contribution >= 4 is 29.3 Å². The van der Waals surface area contributed by atoms with Crippen molar-refractivity contribution < 1.29 is 13.9 Å². The number of carbonyl (C=O) groups is 1. The number of aromatic nitrogens is 2. The van der Waals surface area contributed by atoms with Crippen molar-refractivity contribution in [3.05, 3.63) is 76.3 Å². The monoisotopic (exact) mass is 410 g/mol. The number of benzene rings is 2. The molecule has 0 saturated heterocycles. The molecule has 0 radical (unpaired) electrons. The summed E-state index contributed by atoms with van der Waals surface area (Å²) < 4.78 is 19.6. The number of nitriles is 1. The number of nitrogens with zero attached hydrogens (tertiary/aromatic N) is 3. The van der Waals surface area contributed by atoms with Crippen LogP contribution in [-0.2, 0) is 4.79 Å². The molecule has 1 heterocycles. The molecular formula is C21H16ClFN4O2. The van der Waals surface area contributed by atoms with Gasteiger partial charge in [0.15, 0.2) is 0 Å². The van der Waals surface area contributed by atoms with E-state index in [-0.39, 0.29) is 16.5 Å². The summed E-state index contributed by atoms with van der Waals surface area (Å²) in [5.74, 6) is -0.312. The van der Waals surface area contributed by atoms with Gasteiger partial charge >= 0.3 is 0 Å². The lowest BCUT2D eigenvalue weighted by Gasteiger charge is -2.06. The zero-order valence-electron chi connectivity index (χ0n) is 15.6. The van der Waals surface area contributed by atoms with Gasteiger partial charge in [0.1, 0.15) is 28.4 Å². The largest absolute Gasteiger partial charge is 0.497 e. The standard InChI is InChI=1S/C21H16ClFN4O2/c1-13-19(20(22)27(26-13)17-7-3-15(23)4-8-17)11-14(12-24)21(28)25-16-5-9-18(29-2)10-6-16/h3-11H,1-2H3,(H,25,28)/b14-11+. The SMILES string of the molecule is COc1ccc(NC(=O)/C(C#N)=C/c2c(C)nn(-c3ccc(F)cc3)c2Cl)cc1. The normalized spacial score (nSPS) is 11.1. The second-order valence-electron chi connectivity index (χ2n) is 6.03. The molecule has 1 amide bonds. The number of nitrogens with one attached hydrogen (secondary N) is 1. The first-order valence-electron chi connectivity index (χ1n) is 8.51. The van der Waals surface area contributed by atoms with E-state index in [4.69, 9.17) is 16.3 Å². The smallest absolute Gasteiger partial charge is 0.266 e. The number of halogens is 2. The molecule has 146 valence electrons. The minimum absolute atomic E-state index is 0.135. The number of hydrogen-bond donors (Lipinski definition) is 1. The molecule has 0 unspecified atom stereocenters. The lowest BCUT2D eigenvalue weighted by molar-refractivity contribution is -0.112. The van der Waals surface area contributed by atoms with Crippen LogP contribution in [0.4, 0.5) is 10.1 Å². The van der Waals surface area contributed by atoms with Gasteiger partial charge in [0, 0.05) is 11.3 Å². The van der Waals surface area contributed by atoms with Crippen molar-refractivity contribution in [2.45, 2.75) is 6.92 Å². The number of ether oxygens (including phenoxy) is 1. The van der Waals surface area contributed by atoms with Crippen LogP contribution in [0.1, 0.15) is 11.3 Å². The van der Waals surface area contributed by atoms with E-state index in [0.29, 0.717) is 28.4 Å². The van der Waals surface area contributed by atoms with Crippen LogP contribution in [0.25, 0.3) is 11.8 Å². The Bertz CT molecular complexity index is 1110. The first-order valence-corrected chi connectivity index (χ1v) is 8.89. The minimum atomic E-state index is -0.581. The summed E-state index contributed by atoms with van der Waals surface area (Å²) in [6, 6.07) is 14.2. The molecule has 0 spiro atoms. The quantitative estimate of drug-likeness (QED) is 0.495. The Balaban J connectivity index is 1.89. The molecule has 29 heavy (non-hydrogen) atoms. The summed E-state index contributed by atoms with van der Waals surface area (Å²) in [6.45, 7) is 1.70. The average molecular weight is 411 g/mol. The minimum Gasteiger partial charge on any atom is -0.497 e. The van der Waals surface area contributed by atoms with Crippen molar-refractivity contribution in [1.82, 2.24) is 9.78 Å². The van der Waals surface area contributed by atoms with E-state index in [9.17, 15) is 14.4 Å². The average Bonchev–Trinajstić information content (AvgIpc) is 3.00. The summed E-state index contributed by atoms with van der Waals surface area (Å²) in [5.41, 5.74) is 1.88. The number of carbonyl (C=O) groups excluding carboxylic acids is 1. The van der Waals surface area contributed by atoms with Gasteiger partial charge in [-0.2, -0.15) is 10.4 Å². The van der Waals surface area contributed by atoms with Gasteiger partial charge in [-0.3, -0.25) is 4.79 Å². The van der Waals surface area contributed by atoms with Gasteiger partial charge in [0.05, 0.1) is 18.5 Å². The molecule has 0 bridgehead atoms. The Morgan fingerprint density at radius 3 is 2.48 bits per heavy atom.